The summed E-state index contributed by atoms with van der Waals surface area (Å²) in [7, 11) is 1.34. The lowest BCUT2D eigenvalue weighted by Gasteiger charge is -2.09. The fourth-order valence-electron chi connectivity index (χ4n) is 1.52. The van der Waals surface area contributed by atoms with E-state index in [2.05, 4.69) is 10.2 Å². The number of nitrogen functional groups attached to an aromatic ring is 1. The van der Waals surface area contributed by atoms with E-state index < -0.39 is 5.97 Å². The molecular weight excluding hydrogens is 314 g/mol. The number of benzene rings is 1. The minimum Gasteiger partial charge on any atom is -0.465 e. The van der Waals surface area contributed by atoms with Crippen LogP contribution in [0.4, 0.5) is 5.69 Å². The number of esters is 1. The Bertz CT molecular complexity index is 643. The zero-order valence-electron chi connectivity index (χ0n) is 11.2. The molecule has 2 aromatic rings. The number of carbonyl (C=O) groups is 1. The summed E-state index contributed by atoms with van der Waals surface area (Å²) in [6.07, 6.45) is 1.96. The Morgan fingerprint density at radius 2 is 2.05 bits per heavy atom. The molecule has 0 saturated heterocycles. The Labute approximate surface area is 129 Å². The summed E-state index contributed by atoms with van der Waals surface area (Å²) >= 11 is 4.53. The number of nitrogens with two attached hydrogens (primary N) is 1. The van der Waals surface area contributed by atoms with Gasteiger partial charge in [-0.3, -0.25) is 0 Å². The average Bonchev–Trinajstić information content (AvgIpc) is 2.89. The van der Waals surface area contributed by atoms with E-state index in [1.807, 2.05) is 19.2 Å². The molecule has 20 heavy (non-hydrogen) atoms. The number of aryl methyl sites for hydroxylation is 1. The molecule has 106 valence electrons. The minimum absolute atomic E-state index is 0.379. The molecule has 0 fully saturated rings. The summed E-state index contributed by atoms with van der Waals surface area (Å²) in [5, 5.41) is 8.13. The molecule has 0 spiro atoms. The van der Waals surface area contributed by atoms with Gasteiger partial charge in [-0.2, -0.15) is 0 Å². The van der Waals surface area contributed by atoms with Crippen molar-refractivity contribution >= 4 is 46.5 Å². The maximum Gasteiger partial charge on any atom is 0.340 e. The number of nitrogens with zero attached hydrogens (tertiary/aromatic N) is 2. The van der Waals surface area contributed by atoms with Gasteiger partial charge < -0.3 is 10.5 Å². The van der Waals surface area contributed by atoms with E-state index in [1.54, 1.807) is 17.8 Å². The van der Waals surface area contributed by atoms with Crippen molar-refractivity contribution in [2.75, 3.05) is 19.1 Å². The molecule has 0 radical (unpaired) electrons. The first kappa shape index (κ1) is 15.1. The first-order valence-electron chi connectivity index (χ1n) is 5.59. The maximum atomic E-state index is 11.7. The van der Waals surface area contributed by atoms with Gasteiger partial charge >= 0.3 is 5.97 Å². The molecular formula is C12H13N3O2S3. The molecule has 0 amide bonds. The van der Waals surface area contributed by atoms with Crippen molar-refractivity contribution in [1.29, 1.82) is 0 Å². The molecule has 5 nitrogen and oxygen atoms in total. The standard InChI is InChI=1S/C12H13N3O2S3/c1-6-4-7(5-8(9(6)13)10(16)17-2)19-12-15-14-11(18-3)20-12/h4-5H,13H2,1-3H3. The van der Waals surface area contributed by atoms with Crippen molar-refractivity contribution < 1.29 is 9.53 Å². The van der Waals surface area contributed by atoms with E-state index in [0.717, 1.165) is 19.1 Å². The first-order chi connectivity index (χ1) is 9.55. The van der Waals surface area contributed by atoms with Gasteiger partial charge in [0.15, 0.2) is 8.68 Å². The molecule has 2 rings (SSSR count). The number of hydrogen-bond donors (Lipinski definition) is 1. The molecule has 2 N–H and O–H groups in total. The van der Waals surface area contributed by atoms with Crippen LogP contribution in [0.3, 0.4) is 0 Å². The van der Waals surface area contributed by atoms with Crippen LogP contribution >= 0.6 is 34.9 Å². The number of rotatable bonds is 4. The van der Waals surface area contributed by atoms with E-state index in [9.17, 15) is 4.79 Å². The van der Waals surface area contributed by atoms with Gasteiger partial charge in [0.25, 0.3) is 0 Å². The van der Waals surface area contributed by atoms with E-state index >= 15 is 0 Å². The molecule has 0 unspecified atom stereocenters. The van der Waals surface area contributed by atoms with Gasteiger partial charge in [-0.1, -0.05) is 34.9 Å². The third-order valence-electron chi connectivity index (χ3n) is 2.53. The van der Waals surface area contributed by atoms with Crippen molar-refractivity contribution in [3.63, 3.8) is 0 Å². The van der Waals surface area contributed by atoms with Crippen LogP contribution in [0.25, 0.3) is 0 Å². The lowest BCUT2D eigenvalue weighted by Crippen LogP contribution is -2.07. The molecule has 1 aromatic carbocycles. The summed E-state index contributed by atoms with van der Waals surface area (Å²) in [6, 6.07) is 3.64. The van der Waals surface area contributed by atoms with Gasteiger partial charge in [0, 0.05) is 10.6 Å². The summed E-state index contributed by atoms with van der Waals surface area (Å²) in [6.45, 7) is 1.86. The van der Waals surface area contributed by atoms with Crippen LogP contribution in [-0.2, 0) is 4.74 Å². The predicted molar refractivity (Wildman–Crippen MR) is 82.7 cm³/mol. The Hall–Kier alpha value is -1.25. The quantitative estimate of drug-likeness (QED) is 0.525. The molecule has 8 heteroatoms. The number of thioether (sulfide) groups is 1. The van der Waals surface area contributed by atoms with Crippen LogP contribution in [0.15, 0.2) is 25.7 Å². The Morgan fingerprint density at radius 1 is 1.35 bits per heavy atom. The molecule has 0 atom stereocenters. The number of carbonyl (C=O) groups excluding carboxylic acids is 1. The van der Waals surface area contributed by atoms with E-state index in [0.29, 0.717) is 11.3 Å². The number of anilines is 1. The molecule has 0 saturated carbocycles. The largest absolute Gasteiger partial charge is 0.465 e. The highest BCUT2D eigenvalue weighted by Gasteiger charge is 2.15. The molecule has 0 aliphatic carbocycles. The highest BCUT2D eigenvalue weighted by molar-refractivity contribution is 8.03. The second-order valence-corrected chi connectivity index (χ2v) is 7.18. The van der Waals surface area contributed by atoms with Crippen LogP contribution in [0.5, 0.6) is 0 Å². The lowest BCUT2D eigenvalue weighted by atomic mass is 10.1. The smallest absolute Gasteiger partial charge is 0.340 e. The third kappa shape index (κ3) is 3.25. The maximum absolute atomic E-state index is 11.7. The van der Waals surface area contributed by atoms with E-state index in [1.165, 1.54) is 30.2 Å². The first-order valence-corrected chi connectivity index (χ1v) is 8.44. The minimum atomic E-state index is -0.435. The summed E-state index contributed by atoms with van der Waals surface area (Å²) in [5.74, 6) is -0.435. The lowest BCUT2D eigenvalue weighted by molar-refractivity contribution is 0.0601. The predicted octanol–water partition coefficient (Wildman–Crippen LogP) is 3.09. The Morgan fingerprint density at radius 3 is 2.65 bits per heavy atom. The zero-order valence-corrected chi connectivity index (χ0v) is 13.6. The zero-order chi connectivity index (χ0) is 14.7. The topological polar surface area (TPSA) is 78.1 Å². The SMILES string of the molecule is COC(=O)c1cc(Sc2nnc(SC)s2)cc(C)c1N. The second kappa shape index (κ2) is 6.47. The molecule has 0 bridgehead atoms. The normalized spacial score (nSPS) is 10.6. The Balaban J connectivity index is 2.32. The van der Waals surface area contributed by atoms with Crippen LogP contribution in [0.2, 0.25) is 0 Å². The van der Waals surface area contributed by atoms with Gasteiger partial charge in [-0.25, -0.2) is 4.79 Å². The molecule has 0 aliphatic rings. The van der Waals surface area contributed by atoms with Crippen LogP contribution in [0.1, 0.15) is 15.9 Å². The van der Waals surface area contributed by atoms with Crippen molar-refractivity contribution in [3.8, 4) is 0 Å². The van der Waals surface area contributed by atoms with Crippen LogP contribution < -0.4 is 5.73 Å². The fraction of sp³-hybridized carbons (Fsp3) is 0.250. The van der Waals surface area contributed by atoms with Gasteiger partial charge in [0.2, 0.25) is 0 Å². The number of methoxy groups -OCH3 is 1. The van der Waals surface area contributed by atoms with E-state index in [-0.39, 0.29) is 0 Å². The second-order valence-electron chi connectivity index (χ2n) is 3.83. The summed E-state index contributed by atoms with van der Waals surface area (Å²) < 4.78 is 6.48. The number of ether oxygens (including phenoxy) is 1. The Kier molecular flexibility index (Phi) is 4.90. The highest BCUT2D eigenvalue weighted by atomic mass is 32.2. The van der Waals surface area contributed by atoms with Crippen molar-refractivity contribution in [2.45, 2.75) is 20.5 Å². The highest BCUT2D eigenvalue weighted by Crippen LogP contribution is 2.35. The fourth-order valence-corrected chi connectivity index (χ4v) is 4.08. The van der Waals surface area contributed by atoms with E-state index in [4.69, 9.17) is 10.5 Å². The van der Waals surface area contributed by atoms with Crippen molar-refractivity contribution in [3.05, 3.63) is 23.3 Å². The van der Waals surface area contributed by atoms with Gasteiger partial charge in [0.1, 0.15) is 0 Å². The summed E-state index contributed by atoms with van der Waals surface area (Å²) in [5.41, 5.74) is 7.57. The average molecular weight is 327 g/mol. The molecule has 1 heterocycles. The van der Waals surface area contributed by atoms with Gasteiger partial charge in [0.05, 0.1) is 12.7 Å². The summed E-state index contributed by atoms with van der Waals surface area (Å²) in [4.78, 5) is 12.6. The third-order valence-corrected chi connectivity index (χ3v) is 5.45. The monoisotopic (exact) mass is 327 g/mol. The number of aromatic nitrogens is 2. The molecule has 0 aliphatic heterocycles. The van der Waals surface area contributed by atoms with Gasteiger partial charge in [-0.05, 0) is 30.9 Å². The van der Waals surface area contributed by atoms with Crippen molar-refractivity contribution in [2.24, 2.45) is 0 Å². The number of hydrogen-bond acceptors (Lipinski definition) is 8. The van der Waals surface area contributed by atoms with Crippen molar-refractivity contribution in [1.82, 2.24) is 10.2 Å². The van der Waals surface area contributed by atoms with Crippen LogP contribution in [-0.4, -0.2) is 29.5 Å². The van der Waals surface area contributed by atoms with Gasteiger partial charge in [-0.15, -0.1) is 10.2 Å². The molecule has 1 aromatic heterocycles. The van der Waals surface area contributed by atoms with Crippen LogP contribution in [0, 0.1) is 6.92 Å².